The second-order valence-electron chi connectivity index (χ2n) is 8.03. The SMILES string of the molecule is C=c1ccc2c(c1)Oc1cc(O)ccc1C=2c1ccc(C(=O)NC(CC=O)CC=O)cc1C(=O)O. The quantitative estimate of drug-likeness (QED) is 0.336. The van der Waals surface area contributed by atoms with Crippen LogP contribution in [0.2, 0.25) is 0 Å². The number of fused-ring (bicyclic) bond motifs is 2. The van der Waals surface area contributed by atoms with Crippen LogP contribution in [0.1, 0.15) is 44.7 Å². The van der Waals surface area contributed by atoms with Gasteiger partial charge in [-0.2, -0.15) is 0 Å². The number of nitrogens with one attached hydrogen (secondary N) is 1. The minimum absolute atomic E-state index is 0.0111. The van der Waals surface area contributed by atoms with Crippen LogP contribution in [0.5, 0.6) is 17.2 Å². The van der Waals surface area contributed by atoms with Crippen molar-refractivity contribution in [3.05, 3.63) is 87.3 Å². The molecule has 0 spiro atoms. The van der Waals surface area contributed by atoms with Crippen molar-refractivity contribution in [3.63, 3.8) is 0 Å². The number of carboxylic acids is 1. The second kappa shape index (κ2) is 9.64. The molecule has 3 N–H and O–H groups in total. The Morgan fingerprint density at radius 3 is 2.34 bits per heavy atom. The van der Waals surface area contributed by atoms with Crippen LogP contribution < -0.4 is 20.5 Å². The summed E-state index contributed by atoms with van der Waals surface area (Å²) in [7, 11) is 0. The van der Waals surface area contributed by atoms with Gasteiger partial charge >= 0.3 is 5.97 Å². The summed E-state index contributed by atoms with van der Waals surface area (Å²) in [5.74, 6) is -1.06. The first-order valence-electron chi connectivity index (χ1n) is 10.7. The highest BCUT2D eigenvalue weighted by molar-refractivity contribution is 6.02. The molecule has 0 unspecified atom stereocenters. The highest BCUT2D eigenvalue weighted by atomic mass is 16.5. The molecular weight excluding hydrogens is 450 g/mol. The van der Waals surface area contributed by atoms with Gasteiger partial charge < -0.3 is 29.9 Å². The van der Waals surface area contributed by atoms with Gasteiger partial charge in [0.25, 0.3) is 5.91 Å². The molecular formula is C27H21NO7. The number of ether oxygens (including phenoxy) is 1. The van der Waals surface area contributed by atoms with E-state index in [0.29, 0.717) is 51.2 Å². The van der Waals surface area contributed by atoms with Gasteiger partial charge in [-0.15, -0.1) is 0 Å². The summed E-state index contributed by atoms with van der Waals surface area (Å²) in [5.41, 5.74) is 1.43. The molecule has 1 aliphatic rings. The fourth-order valence-corrected chi connectivity index (χ4v) is 4.01. The average molecular weight is 471 g/mol. The molecule has 0 radical (unpaired) electrons. The molecule has 0 saturated carbocycles. The van der Waals surface area contributed by atoms with Gasteiger partial charge in [-0.05, 0) is 41.1 Å². The predicted octanol–water partition coefficient (Wildman–Crippen LogP) is 2.13. The van der Waals surface area contributed by atoms with Gasteiger partial charge in [-0.25, -0.2) is 4.79 Å². The number of aldehydes is 2. The summed E-state index contributed by atoms with van der Waals surface area (Å²) >= 11 is 0. The van der Waals surface area contributed by atoms with Crippen LogP contribution in [0, 0.1) is 0 Å². The Kier molecular flexibility index (Phi) is 6.46. The van der Waals surface area contributed by atoms with Crippen LogP contribution in [0.4, 0.5) is 0 Å². The number of rotatable bonds is 8. The molecule has 3 aromatic carbocycles. The van der Waals surface area contributed by atoms with E-state index < -0.39 is 17.9 Å². The van der Waals surface area contributed by atoms with Crippen molar-refractivity contribution in [3.8, 4) is 17.2 Å². The summed E-state index contributed by atoms with van der Waals surface area (Å²) < 4.78 is 5.95. The average Bonchev–Trinajstić information content (AvgIpc) is 2.82. The lowest BCUT2D eigenvalue weighted by molar-refractivity contribution is -0.109. The van der Waals surface area contributed by atoms with Gasteiger partial charge in [0.2, 0.25) is 0 Å². The number of carbonyl (C=O) groups is 4. The number of phenolic OH excluding ortho intramolecular Hbond substituents is 1. The van der Waals surface area contributed by atoms with E-state index in [1.54, 1.807) is 24.3 Å². The number of aromatic carboxylic acids is 1. The molecule has 0 aliphatic carbocycles. The minimum atomic E-state index is -1.25. The zero-order valence-corrected chi connectivity index (χ0v) is 18.5. The van der Waals surface area contributed by atoms with Gasteiger partial charge in [0, 0.05) is 46.9 Å². The number of benzene rings is 3. The van der Waals surface area contributed by atoms with Crippen LogP contribution in [-0.2, 0) is 9.59 Å². The highest BCUT2D eigenvalue weighted by Crippen LogP contribution is 2.38. The van der Waals surface area contributed by atoms with Crippen molar-refractivity contribution in [2.45, 2.75) is 18.9 Å². The maximum atomic E-state index is 12.7. The second-order valence-corrected chi connectivity index (χ2v) is 8.03. The first-order valence-corrected chi connectivity index (χ1v) is 10.7. The molecule has 1 amide bonds. The fourth-order valence-electron chi connectivity index (χ4n) is 4.01. The molecule has 0 fully saturated rings. The number of hydrogen-bond acceptors (Lipinski definition) is 6. The molecule has 176 valence electrons. The van der Waals surface area contributed by atoms with Crippen LogP contribution in [0.15, 0.2) is 54.6 Å². The summed E-state index contributed by atoms with van der Waals surface area (Å²) in [6.45, 7) is 3.91. The Morgan fingerprint density at radius 2 is 1.66 bits per heavy atom. The van der Waals surface area contributed by atoms with E-state index in [2.05, 4.69) is 11.9 Å². The topological polar surface area (TPSA) is 130 Å². The molecule has 0 saturated heterocycles. The Morgan fingerprint density at radius 1 is 0.943 bits per heavy atom. The van der Waals surface area contributed by atoms with Gasteiger partial charge in [0.1, 0.15) is 29.8 Å². The minimum Gasteiger partial charge on any atom is -0.508 e. The van der Waals surface area contributed by atoms with Gasteiger partial charge in [0.15, 0.2) is 0 Å². The molecule has 35 heavy (non-hydrogen) atoms. The normalized spacial score (nSPS) is 11.7. The van der Waals surface area contributed by atoms with Crippen molar-refractivity contribution < 1.29 is 34.1 Å². The lowest BCUT2D eigenvalue weighted by Gasteiger charge is -2.22. The number of carbonyl (C=O) groups excluding carboxylic acids is 3. The lowest BCUT2D eigenvalue weighted by Crippen LogP contribution is -2.35. The molecule has 0 bridgehead atoms. The maximum Gasteiger partial charge on any atom is 0.336 e. The number of phenols is 1. The van der Waals surface area contributed by atoms with E-state index in [0.717, 1.165) is 0 Å². The van der Waals surface area contributed by atoms with E-state index in [-0.39, 0.29) is 29.7 Å². The third-order valence-corrected chi connectivity index (χ3v) is 5.65. The van der Waals surface area contributed by atoms with Crippen LogP contribution in [0.25, 0.3) is 12.2 Å². The van der Waals surface area contributed by atoms with Crippen molar-refractivity contribution in [2.24, 2.45) is 0 Å². The van der Waals surface area contributed by atoms with E-state index >= 15 is 0 Å². The third-order valence-electron chi connectivity index (χ3n) is 5.65. The third kappa shape index (κ3) is 4.67. The lowest BCUT2D eigenvalue weighted by atomic mass is 9.88. The molecule has 0 aromatic heterocycles. The van der Waals surface area contributed by atoms with Gasteiger partial charge in [-0.1, -0.05) is 24.8 Å². The van der Waals surface area contributed by atoms with Crippen molar-refractivity contribution in [2.75, 3.05) is 0 Å². The van der Waals surface area contributed by atoms with Gasteiger partial charge in [-0.3, -0.25) is 4.79 Å². The van der Waals surface area contributed by atoms with Crippen LogP contribution >= 0.6 is 0 Å². The smallest absolute Gasteiger partial charge is 0.336 e. The summed E-state index contributed by atoms with van der Waals surface area (Å²) in [5, 5.41) is 23.9. The van der Waals surface area contributed by atoms with Crippen molar-refractivity contribution in [1.29, 1.82) is 0 Å². The summed E-state index contributed by atoms with van der Waals surface area (Å²) in [6.07, 6.45) is 1.12. The molecule has 8 heteroatoms. The number of hydrogen-bond donors (Lipinski definition) is 3. The molecule has 8 nitrogen and oxygen atoms in total. The molecule has 1 heterocycles. The van der Waals surface area contributed by atoms with E-state index in [9.17, 15) is 29.4 Å². The zero-order valence-electron chi connectivity index (χ0n) is 18.5. The largest absolute Gasteiger partial charge is 0.508 e. The number of carboxylic acid groups (broad SMARTS) is 1. The molecule has 0 atom stereocenters. The standard InChI is InChI=1S/C27H21NO7/c1-15-2-5-20-23(12-15)35-24-14-18(31)4-7-21(24)25(20)19-6-3-16(13-22(19)27(33)34)26(32)28-17(8-10-29)9-11-30/h2-7,10-14,17,31H,1,8-9H2,(H,28,32)(H,33,34). The monoisotopic (exact) mass is 471 g/mol. The summed E-state index contributed by atoms with van der Waals surface area (Å²) in [6, 6.07) is 13.4. The Labute approximate surface area is 199 Å². The van der Waals surface area contributed by atoms with Crippen molar-refractivity contribution >= 4 is 36.6 Å². The summed E-state index contributed by atoms with van der Waals surface area (Å²) in [4.78, 5) is 46.7. The van der Waals surface area contributed by atoms with E-state index in [1.165, 1.54) is 30.3 Å². The Bertz CT molecular complexity index is 1470. The van der Waals surface area contributed by atoms with Gasteiger partial charge in [0.05, 0.1) is 5.56 Å². The Balaban J connectivity index is 1.88. The molecule has 1 aliphatic heterocycles. The predicted molar refractivity (Wildman–Crippen MR) is 127 cm³/mol. The number of amides is 1. The highest BCUT2D eigenvalue weighted by Gasteiger charge is 2.25. The van der Waals surface area contributed by atoms with E-state index in [4.69, 9.17) is 4.74 Å². The zero-order chi connectivity index (χ0) is 25.1. The van der Waals surface area contributed by atoms with Crippen LogP contribution in [0.3, 0.4) is 0 Å². The Hall–Kier alpha value is -4.72. The maximum absolute atomic E-state index is 12.7. The van der Waals surface area contributed by atoms with Crippen LogP contribution in [-0.4, -0.2) is 40.7 Å². The van der Waals surface area contributed by atoms with E-state index in [1.807, 2.05) is 0 Å². The first kappa shape index (κ1) is 23.4. The first-order chi connectivity index (χ1) is 16.8. The van der Waals surface area contributed by atoms with Crippen molar-refractivity contribution in [1.82, 2.24) is 5.32 Å². The molecule has 3 aromatic rings. The number of aromatic hydroxyl groups is 1. The molecule has 4 rings (SSSR count). The fraction of sp³-hybridized carbons (Fsp3) is 0.111.